The second-order valence-electron chi connectivity index (χ2n) is 5.23. The van der Waals surface area contributed by atoms with Crippen molar-refractivity contribution < 1.29 is 14.4 Å². The highest BCUT2D eigenvalue weighted by Crippen LogP contribution is 2.31. The van der Waals surface area contributed by atoms with Crippen LogP contribution in [0.4, 0.5) is 9.93 Å². The summed E-state index contributed by atoms with van der Waals surface area (Å²) in [4.78, 5) is 40.9. The zero-order valence-electron chi connectivity index (χ0n) is 11.2. The molecular weight excluding hydrogens is 266 g/mol. The van der Waals surface area contributed by atoms with Gasteiger partial charge in [0.1, 0.15) is 5.41 Å². The summed E-state index contributed by atoms with van der Waals surface area (Å²) in [6.07, 6.45) is 0. The number of hydrogen-bond donors (Lipinski definition) is 1. The Morgan fingerprint density at radius 2 is 1.95 bits per heavy atom. The molecule has 102 valence electrons. The largest absolute Gasteiger partial charge is 0.337 e. The lowest BCUT2D eigenvalue weighted by Crippen LogP contribution is -2.62. The number of thiazole rings is 1. The van der Waals surface area contributed by atoms with Crippen molar-refractivity contribution in [2.75, 3.05) is 4.90 Å². The number of hydrogen-bond acceptors (Lipinski definition) is 5. The van der Waals surface area contributed by atoms with Crippen LogP contribution in [0.1, 0.15) is 39.3 Å². The molecule has 1 aromatic heterocycles. The Kier molecular flexibility index (Phi) is 3.17. The molecule has 6 nitrogen and oxygen atoms in total. The maximum Gasteiger partial charge on any atom is 0.337 e. The number of imide groups is 2. The van der Waals surface area contributed by atoms with Crippen molar-refractivity contribution in [3.63, 3.8) is 0 Å². The number of carbonyl (C=O) groups excluding carboxylic acids is 3. The summed E-state index contributed by atoms with van der Waals surface area (Å²) >= 11 is 1.22. The van der Waals surface area contributed by atoms with Gasteiger partial charge < -0.3 is 0 Å². The lowest BCUT2D eigenvalue weighted by atomic mass is 9.89. The molecular formula is C12H15N3O3S. The number of amides is 4. The van der Waals surface area contributed by atoms with Crippen LogP contribution < -0.4 is 10.2 Å². The standard InChI is InChI=1S/C12H15N3O3S/c1-6(2)7-5-19-11(13-7)15-9(17)12(3,4)8(16)14-10(15)18/h5-6H,1-4H3,(H,14,16,18). The number of anilines is 1. The van der Waals surface area contributed by atoms with E-state index in [1.165, 1.54) is 25.2 Å². The van der Waals surface area contributed by atoms with Crippen molar-refractivity contribution >= 4 is 34.3 Å². The van der Waals surface area contributed by atoms with Gasteiger partial charge in [0.25, 0.3) is 5.91 Å². The van der Waals surface area contributed by atoms with Gasteiger partial charge >= 0.3 is 6.03 Å². The molecule has 1 aliphatic heterocycles. The van der Waals surface area contributed by atoms with Gasteiger partial charge in [-0.2, -0.15) is 0 Å². The molecule has 0 radical (unpaired) electrons. The SMILES string of the molecule is CC(C)c1csc(N2C(=O)NC(=O)C(C)(C)C2=O)n1. The van der Waals surface area contributed by atoms with Gasteiger partial charge in [-0.1, -0.05) is 13.8 Å². The molecule has 2 heterocycles. The Morgan fingerprint density at radius 3 is 2.47 bits per heavy atom. The van der Waals surface area contributed by atoms with Crippen LogP contribution in [-0.4, -0.2) is 22.8 Å². The number of rotatable bonds is 2. The van der Waals surface area contributed by atoms with Crippen LogP contribution in [0, 0.1) is 5.41 Å². The lowest BCUT2D eigenvalue weighted by molar-refractivity contribution is -0.140. The van der Waals surface area contributed by atoms with Gasteiger partial charge in [0.05, 0.1) is 5.69 Å². The van der Waals surface area contributed by atoms with Crippen LogP contribution >= 0.6 is 11.3 Å². The molecule has 4 amide bonds. The molecule has 0 saturated carbocycles. The maximum atomic E-state index is 12.3. The summed E-state index contributed by atoms with van der Waals surface area (Å²) in [7, 11) is 0. The van der Waals surface area contributed by atoms with Gasteiger partial charge in [-0.15, -0.1) is 11.3 Å². The average molecular weight is 281 g/mol. The molecule has 0 unspecified atom stereocenters. The second kappa shape index (κ2) is 4.41. The third-order valence-electron chi connectivity index (χ3n) is 3.02. The van der Waals surface area contributed by atoms with Gasteiger partial charge in [-0.25, -0.2) is 14.7 Å². The highest BCUT2D eigenvalue weighted by Gasteiger charge is 2.48. The summed E-state index contributed by atoms with van der Waals surface area (Å²) in [5.74, 6) is -0.923. The van der Waals surface area contributed by atoms with Crippen molar-refractivity contribution in [2.24, 2.45) is 5.41 Å². The smallest absolute Gasteiger partial charge is 0.276 e. The van der Waals surface area contributed by atoms with Gasteiger partial charge in [0, 0.05) is 5.38 Å². The normalized spacial score (nSPS) is 19.0. The fourth-order valence-electron chi connectivity index (χ4n) is 1.60. The molecule has 0 bridgehead atoms. The molecule has 1 aromatic rings. The topological polar surface area (TPSA) is 79.4 Å². The van der Waals surface area contributed by atoms with Gasteiger partial charge in [0.2, 0.25) is 11.0 Å². The number of nitrogens with one attached hydrogen (secondary N) is 1. The monoisotopic (exact) mass is 281 g/mol. The first-order valence-corrected chi connectivity index (χ1v) is 6.78. The molecule has 0 aliphatic carbocycles. The Labute approximate surface area is 114 Å². The van der Waals surface area contributed by atoms with Crippen LogP contribution in [0.15, 0.2) is 5.38 Å². The molecule has 7 heteroatoms. The van der Waals surface area contributed by atoms with Crippen molar-refractivity contribution in [2.45, 2.75) is 33.6 Å². The Morgan fingerprint density at radius 1 is 1.32 bits per heavy atom. The second-order valence-corrected chi connectivity index (χ2v) is 6.07. The average Bonchev–Trinajstić information content (AvgIpc) is 2.76. The number of carbonyl (C=O) groups is 3. The van der Waals surface area contributed by atoms with Crippen molar-refractivity contribution in [3.8, 4) is 0 Å². The fraction of sp³-hybridized carbons (Fsp3) is 0.500. The van der Waals surface area contributed by atoms with E-state index in [4.69, 9.17) is 0 Å². The van der Waals surface area contributed by atoms with E-state index in [1.54, 1.807) is 0 Å². The number of barbiturate groups is 1. The van der Waals surface area contributed by atoms with Gasteiger partial charge in [-0.05, 0) is 19.8 Å². The maximum absolute atomic E-state index is 12.3. The van der Waals surface area contributed by atoms with Gasteiger partial charge in [-0.3, -0.25) is 14.9 Å². The highest BCUT2D eigenvalue weighted by atomic mass is 32.1. The fourth-order valence-corrected chi connectivity index (χ4v) is 2.58. The zero-order valence-corrected chi connectivity index (χ0v) is 12.0. The Bertz CT molecular complexity index is 562. The summed E-state index contributed by atoms with van der Waals surface area (Å²) in [5.41, 5.74) is -0.451. The van der Waals surface area contributed by atoms with E-state index in [0.29, 0.717) is 5.13 Å². The van der Waals surface area contributed by atoms with E-state index in [-0.39, 0.29) is 5.92 Å². The molecule has 1 saturated heterocycles. The molecule has 19 heavy (non-hydrogen) atoms. The minimum Gasteiger partial charge on any atom is -0.276 e. The highest BCUT2D eigenvalue weighted by molar-refractivity contribution is 7.14. The first-order valence-electron chi connectivity index (χ1n) is 5.90. The van der Waals surface area contributed by atoms with Crippen LogP contribution in [0.2, 0.25) is 0 Å². The predicted octanol–water partition coefficient (Wildman–Crippen LogP) is 1.88. The van der Waals surface area contributed by atoms with Crippen LogP contribution in [0.25, 0.3) is 0 Å². The predicted molar refractivity (Wildman–Crippen MR) is 71.0 cm³/mol. The molecule has 0 atom stereocenters. The van der Waals surface area contributed by atoms with Crippen LogP contribution in [0.3, 0.4) is 0 Å². The molecule has 0 spiro atoms. The minimum atomic E-state index is -1.27. The molecule has 0 aromatic carbocycles. The van der Waals surface area contributed by atoms with E-state index < -0.39 is 23.3 Å². The van der Waals surface area contributed by atoms with Crippen molar-refractivity contribution in [1.29, 1.82) is 0 Å². The summed E-state index contributed by atoms with van der Waals surface area (Å²) in [6.45, 7) is 6.93. The number of aromatic nitrogens is 1. The third-order valence-corrected chi connectivity index (χ3v) is 3.87. The summed E-state index contributed by atoms with van der Waals surface area (Å²) < 4.78 is 0. The van der Waals surface area contributed by atoms with E-state index in [0.717, 1.165) is 10.6 Å². The van der Waals surface area contributed by atoms with Crippen molar-refractivity contribution in [3.05, 3.63) is 11.1 Å². The third kappa shape index (κ3) is 2.14. The molecule has 1 fully saturated rings. The quantitative estimate of drug-likeness (QED) is 0.839. The lowest BCUT2D eigenvalue weighted by Gasteiger charge is -2.32. The van der Waals surface area contributed by atoms with E-state index >= 15 is 0 Å². The van der Waals surface area contributed by atoms with E-state index in [2.05, 4.69) is 10.3 Å². The van der Waals surface area contributed by atoms with Gasteiger partial charge in [0.15, 0.2) is 0 Å². The Hall–Kier alpha value is -1.76. The first-order chi connectivity index (χ1) is 8.75. The minimum absolute atomic E-state index is 0.211. The summed E-state index contributed by atoms with van der Waals surface area (Å²) in [6, 6.07) is -0.737. The number of nitrogens with zero attached hydrogens (tertiary/aromatic N) is 2. The van der Waals surface area contributed by atoms with Crippen LogP contribution in [-0.2, 0) is 9.59 Å². The molecule has 1 N–H and O–H groups in total. The van der Waals surface area contributed by atoms with E-state index in [1.807, 2.05) is 19.2 Å². The Balaban J connectivity index is 2.39. The first kappa shape index (κ1) is 13.7. The van der Waals surface area contributed by atoms with Crippen LogP contribution in [0.5, 0.6) is 0 Å². The van der Waals surface area contributed by atoms with E-state index in [9.17, 15) is 14.4 Å². The number of urea groups is 1. The van der Waals surface area contributed by atoms with Crippen molar-refractivity contribution in [1.82, 2.24) is 10.3 Å². The zero-order chi connectivity index (χ0) is 14.4. The molecule has 2 rings (SSSR count). The molecule has 1 aliphatic rings. The summed E-state index contributed by atoms with van der Waals surface area (Å²) in [5, 5.41) is 4.29.